The van der Waals surface area contributed by atoms with Gasteiger partial charge in [0.05, 0.1) is 6.07 Å². The van der Waals surface area contributed by atoms with Crippen LogP contribution in [-0.2, 0) is 0 Å². The van der Waals surface area contributed by atoms with Crippen LogP contribution in [0.1, 0.15) is 40.5 Å². The van der Waals surface area contributed by atoms with Gasteiger partial charge in [0, 0.05) is 37.3 Å². The molecule has 0 spiro atoms. The lowest BCUT2D eigenvalue weighted by Gasteiger charge is -2.54. The molecule has 0 radical (unpaired) electrons. The van der Waals surface area contributed by atoms with E-state index >= 15 is 0 Å². The molecule has 0 atom stereocenters. The first-order valence-electron chi connectivity index (χ1n) is 7.25. The Bertz CT molecular complexity index is 343. The van der Waals surface area contributed by atoms with E-state index in [2.05, 4.69) is 16.7 Å². The van der Waals surface area contributed by atoms with E-state index in [-0.39, 0.29) is 0 Å². The molecule has 6 heteroatoms. The summed E-state index contributed by atoms with van der Waals surface area (Å²) in [5.41, 5.74) is 3.95. The Labute approximate surface area is 122 Å². The van der Waals surface area contributed by atoms with Gasteiger partial charge in [0.2, 0.25) is 0 Å². The third-order valence-electron chi connectivity index (χ3n) is 3.92. The minimum absolute atomic E-state index is 0.435. The van der Waals surface area contributed by atoms with E-state index in [0.29, 0.717) is 25.9 Å². The van der Waals surface area contributed by atoms with Crippen molar-refractivity contribution in [2.75, 3.05) is 26.2 Å². The zero-order chi connectivity index (χ0) is 15.4. The predicted octanol–water partition coefficient (Wildman–Crippen LogP) is 0.429. The molecule has 0 aromatic carbocycles. The van der Waals surface area contributed by atoms with E-state index in [9.17, 15) is 10.5 Å². The molecule has 0 aromatic heterocycles. The molecule has 1 fully saturated rings. The highest BCUT2D eigenvalue weighted by atomic mass is 16.5. The topological polar surface area (TPSA) is 97.3 Å². The maximum Gasteiger partial charge on any atom is 0.110 e. The Morgan fingerprint density at radius 3 is 2.15 bits per heavy atom. The number of nitriles is 1. The van der Waals surface area contributed by atoms with Crippen LogP contribution in [0.25, 0.3) is 0 Å². The highest BCUT2D eigenvalue weighted by Gasteiger charge is 2.52. The van der Waals surface area contributed by atoms with Crippen molar-refractivity contribution in [3.63, 3.8) is 0 Å². The lowest BCUT2D eigenvalue weighted by atomic mass is 9.71. The monoisotopic (exact) mass is 283 g/mol. The van der Waals surface area contributed by atoms with Crippen molar-refractivity contribution in [3.8, 4) is 6.07 Å². The smallest absolute Gasteiger partial charge is 0.110 e. The van der Waals surface area contributed by atoms with Crippen LogP contribution >= 0.6 is 0 Å². The molecular formula is C14H29N5O. The van der Waals surface area contributed by atoms with Gasteiger partial charge in [0.25, 0.3) is 0 Å². The van der Waals surface area contributed by atoms with E-state index in [4.69, 9.17) is 5.73 Å². The first-order chi connectivity index (χ1) is 9.19. The lowest BCUT2D eigenvalue weighted by Crippen LogP contribution is -2.67. The second-order valence-corrected chi connectivity index (χ2v) is 6.95. The average Bonchev–Trinajstić information content (AvgIpc) is 2.35. The molecule has 5 N–H and O–H groups in total. The highest BCUT2D eigenvalue weighted by molar-refractivity contribution is 5.17. The molecular weight excluding hydrogens is 254 g/mol. The number of nitrogens with one attached hydrogen (secondary N) is 2. The fraction of sp³-hybridized carbons (Fsp3) is 0.929. The zero-order valence-electron chi connectivity index (χ0n) is 13.2. The van der Waals surface area contributed by atoms with Gasteiger partial charge in [-0.25, -0.2) is 0 Å². The van der Waals surface area contributed by atoms with Crippen LogP contribution in [0, 0.1) is 11.3 Å². The van der Waals surface area contributed by atoms with Gasteiger partial charge in [0.1, 0.15) is 5.54 Å². The van der Waals surface area contributed by atoms with Crippen molar-refractivity contribution in [2.45, 2.75) is 57.2 Å². The molecule has 1 aliphatic heterocycles. The molecule has 1 rings (SSSR count). The summed E-state index contributed by atoms with van der Waals surface area (Å²) in [5, 5.41) is 27.9. The van der Waals surface area contributed by atoms with E-state index < -0.39 is 16.6 Å². The summed E-state index contributed by atoms with van der Waals surface area (Å²) in [7, 11) is 0. The van der Waals surface area contributed by atoms with Crippen LogP contribution in [0.15, 0.2) is 0 Å². The minimum Gasteiger partial charge on any atom is -0.329 e. The Balaban J connectivity index is 2.71. The van der Waals surface area contributed by atoms with Crippen molar-refractivity contribution < 1.29 is 5.21 Å². The molecule has 0 unspecified atom stereocenters. The van der Waals surface area contributed by atoms with Crippen LogP contribution in [0.3, 0.4) is 0 Å². The van der Waals surface area contributed by atoms with E-state index in [1.807, 2.05) is 27.7 Å². The summed E-state index contributed by atoms with van der Waals surface area (Å²) in [6, 6.07) is 2.44. The number of hydrogen-bond acceptors (Lipinski definition) is 6. The fourth-order valence-corrected chi connectivity index (χ4v) is 3.37. The number of hydroxylamine groups is 2. The summed E-state index contributed by atoms with van der Waals surface area (Å²) in [5.74, 6) is 0. The van der Waals surface area contributed by atoms with Crippen molar-refractivity contribution in [1.29, 1.82) is 5.26 Å². The van der Waals surface area contributed by atoms with Crippen LogP contribution in [0.5, 0.6) is 0 Å². The quantitative estimate of drug-likeness (QED) is 0.528. The van der Waals surface area contributed by atoms with Crippen LogP contribution in [0.4, 0.5) is 0 Å². The van der Waals surface area contributed by atoms with Crippen molar-refractivity contribution in [1.82, 2.24) is 15.7 Å². The highest BCUT2D eigenvalue weighted by Crippen LogP contribution is 2.41. The molecule has 6 nitrogen and oxygen atoms in total. The van der Waals surface area contributed by atoms with Gasteiger partial charge in [-0.3, -0.25) is 5.32 Å². The van der Waals surface area contributed by atoms with Gasteiger partial charge in [-0.05, 0) is 40.5 Å². The lowest BCUT2D eigenvalue weighted by molar-refractivity contribution is -0.251. The predicted molar refractivity (Wildman–Crippen MR) is 79.3 cm³/mol. The SMILES string of the molecule is CC1(C)CC(C#N)(NCCNCCN)CC(C)(C)N1O. The summed E-state index contributed by atoms with van der Waals surface area (Å²) >= 11 is 0. The van der Waals surface area contributed by atoms with Crippen LogP contribution < -0.4 is 16.4 Å². The van der Waals surface area contributed by atoms with Gasteiger partial charge < -0.3 is 16.3 Å². The standard InChI is InChI=1S/C14H29N5O/c1-12(2)9-14(11-16,10-13(3,4)19(12)20)18-8-7-17-6-5-15/h17-18,20H,5-10,15H2,1-4H3. The second kappa shape index (κ2) is 6.37. The first kappa shape index (κ1) is 17.3. The second-order valence-electron chi connectivity index (χ2n) is 6.95. The third-order valence-corrected chi connectivity index (χ3v) is 3.92. The van der Waals surface area contributed by atoms with Gasteiger partial charge >= 0.3 is 0 Å². The number of nitrogens with two attached hydrogens (primary N) is 1. The molecule has 0 amide bonds. The van der Waals surface area contributed by atoms with E-state index in [1.54, 1.807) is 0 Å². The molecule has 116 valence electrons. The first-order valence-corrected chi connectivity index (χ1v) is 7.25. The fourth-order valence-electron chi connectivity index (χ4n) is 3.37. The molecule has 0 saturated carbocycles. The molecule has 1 heterocycles. The molecule has 1 saturated heterocycles. The maximum absolute atomic E-state index is 10.3. The van der Waals surface area contributed by atoms with E-state index in [0.717, 1.165) is 13.1 Å². The molecule has 0 aromatic rings. The van der Waals surface area contributed by atoms with Gasteiger partial charge in [-0.15, -0.1) is 0 Å². The third kappa shape index (κ3) is 3.90. The summed E-state index contributed by atoms with van der Waals surface area (Å²) in [4.78, 5) is 0. The normalized spacial score (nSPS) is 24.2. The number of hydrogen-bond donors (Lipinski definition) is 4. The van der Waals surface area contributed by atoms with Crippen molar-refractivity contribution in [2.24, 2.45) is 5.73 Å². The minimum atomic E-state index is -0.601. The average molecular weight is 283 g/mol. The summed E-state index contributed by atoms with van der Waals surface area (Å²) in [6.45, 7) is 10.8. The van der Waals surface area contributed by atoms with Gasteiger partial charge in [0.15, 0.2) is 0 Å². The molecule has 0 bridgehead atoms. The van der Waals surface area contributed by atoms with Crippen LogP contribution in [-0.4, -0.2) is 53.1 Å². The Kier molecular flexibility index (Phi) is 5.53. The molecule has 0 aliphatic carbocycles. The number of piperidine rings is 1. The largest absolute Gasteiger partial charge is 0.329 e. The Morgan fingerprint density at radius 2 is 1.70 bits per heavy atom. The maximum atomic E-state index is 10.3. The summed E-state index contributed by atoms with van der Waals surface area (Å²) in [6.07, 6.45) is 1.18. The van der Waals surface area contributed by atoms with Crippen LogP contribution in [0.2, 0.25) is 0 Å². The number of rotatable bonds is 6. The van der Waals surface area contributed by atoms with Crippen molar-refractivity contribution in [3.05, 3.63) is 0 Å². The number of nitrogens with zero attached hydrogens (tertiary/aromatic N) is 2. The molecule has 1 aliphatic rings. The Hall–Kier alpha value is -0.710. The summed E-state index contributed by atoms with van der Waals surface area (Å²) < 4.78 is 0. The zero-order valence-corrected chi connectivity index (χ0v) is 13.2. The van der Waals surface area contributed by atoms with E-state index in [1.165, 1.54) is 5.06 Å². The molecule has 20 heavy (non-hydrogen) atoms. The van der Waals surface area contributed by atoms with Gasteiger partial charge in [-0.1, -0.05) is 0 Å². The van der Waals surface area contributed by atoms with Gasteiger partial charge in [-0.2, -0.15) is 10.3 Å². The van der Waals surface area contributed by atoms with Crippen molar-refractivity contribution >= 4 is 0 Å². The Morgan fingerprint density at radius 1 is 1.15 bits per heavy atom.